The molecule has 0 bridgehead atoms. The van der Waals surface area contributed by atoms with Crippen molar-refractivity contribution in [2.75, 3.05) is 6.54 Å². The van der Waals surface area contributed by atoms with E-state index in [4.69, 9.17) is 28.9 Å². The summed E-state index contributed by atoms with van der Waals surface area (Å²) in [7, 11) is -3.67. The maximum absolute atomic E-state index is 12.3. The zero-order valence-corrected chi connectivity index (χ0v) is 14.1. The van der Waals surface area contributed by atoms with Crippen LogP contribution >= 0.6 is 23.2 Å². The standard InChI is InChI=1S/C13H20Cl2N2O2S/c1-8(2)9(3)7-17-20(18,19)13-4-10(6-16)11(14)5-12(13)15/h4-5,8-9,17H,6-7,16H2,1-3H3. The van der Waals surface area contributed by atoms with Gasteiger partial charge in [0.05, 0.1) is 5.02 Å². The van der Waals surface area contributed by atoms with Gasteiger partial charge in [-0.05, 0) is 29.5 Å². The maximum Gasteiger partial charge on any atom is 0.242 e. The molecule has 1 rings (SSSR count). The Morgan fingerprint density at radius 3 is 2.30 bits per heavy atom. The smallest absolute Gasteiger partial charge is 0.242 e. The molecular weight excluding hydrogens is 319 g/mol. The van der Waals surface area contributed by atoms with Crippen LogP contribution in [0.5, 0.6) is 0 Å². The van der Waals surface area contributed by atoms with Crippen molar-refractivity contribution in [1.29, 1.82) is 0 Å². The van der Waals surface area contributed by atoms with Crippen LogP contribution in [0.2, 0.25) is 10.0 Å². The fourth-order valence-corrected chi connectivity index (χ4v) is 3.50. The van der Waals surface area contributed by atoms with Gasteiger partial charge in [-0.1, -0.05) is 44.0 Å². The summed E-state index contributed by atoms with van der Waals surface area (Å²) >= 11 is 11.9. The fraction of sp³-hybridized carbons (Fsp3) is 0.538. The second-order valence-electron chi connectivity index (χ2n) is 5.15. The topological polar surface area (TPSA) is 72.2 Å². The van der Waals surface area contributed by atoms with Crippen LogP contribution in [-0.4, -0.2) is 15.0 Å². The quantitative estimate of drug-likeness (QED) is 0.837. The Balaban J connectivity index is 3.04. The molecule has 3 N–H and O–H groups in total. The van der Waals surface area contributed by atoms with E-state index in [1.807, 2.05) is 20.8 Å². The number of benzene rings is 1. The summed E-state index contributed by atoms with van der Waals surface area (Å²) in [6, 6.07) is 2.83. The minimum atomic E-state index is -3.67. The zero-order valence-electron chi connectivity index (χ0n) is 11.8. The van der Waals surface area contributed by atoms with Crippen molar-refractivity contribution in [2.45, 2.75) is 32.2 Å². The van der Waals surface area contributed by atoms with Crippen LogP contribution in [0.3, 0.4) is 0 Å². The third kappa shape index (κ3) is 4.33. The molecule has 0 aliphatic carbocycles. The van der Waals surface area contributed by atoms with E-state index in [0.717, 1.165) is 0 Å². The Morgan fingerprint density at radius 2 is 1.80 bits per heavy atom. The molecule has 4 nitrogen and oxygen atoms in total. The Hall–Kier alpha value is -0.330. The normalized spacial score (nSPS) is 13.8. The minimum absolute atomic E-state index is 0.0139. The van der Waals surface area contributed by atoms with Crippen molar-refractivity contribution in [3.8, 4) is 0 Å². The predicted octanol–water partition coefficient (Wildman–Crippen LogP) is 3.02. The number of hydrogen-bond acceptors (Lipinski definition) is 3. The Labute approximate surface area is 130 Å². The predicted molar refractivity (Wildman–Crippen MR) is 83.5 cm³/mol. The van der Waals surface area contributed by atoms with Gasteiger partial charge in [-0.2, -0.15) is 0 Å². The Kier molecular flexibility index (Phi) is 6.28. The van der Waals surface area contributed by atoms with Crippen LogP contribution in [0.4, 0.5) is 0 Å². The molecule has 1 aromatic carbocycles. The molecule has 7 heteroatoms. The van der Waals surface area contributed by atoms with Crippen LogP contribution in [0, 0.1) is 11.8 Å². The van der Waals surface area contributed by atoms with Crippen molar-refractivity contribution in [1.82, 2.24) is 4.72 Å². The van der Waals surface area contributed by atoms with E-state index in [1.54, 1.807) is 0 Å². The molecule has 0 aliphatic rings. The minimum Gasteiger partial charge on any atom is -0.326 e. The number of halogens is 2. The molecule has 0 heterocycles. The summed E-state index contributed by atoms with van der Waals surface area (Å²) in [5.74, 6) is 0.614. The van der Waals surface area contributed by atoms with Gasteiger partial charge in [-0.3, -0.25) is 0 Å². The van der Waals surface area contributed by atoms with E-state index in [9.17, 15) is 8.42 Å². The molecule has 0 aromatic heterocycles. The molecule has 1 unspecified atom stereocenters. The molecule has 1 aromatic rings. The number of sulfonamides is 1. The molecule has 0 saturated carbocycles. The van der Waals surface area contributed by atoms with Gasteiger partial charge in [0.25, 0.3) is 0 Å². The number of hydrogen-bond donors (Lipinski definition) is 2. The average Bonchev–Trinajstić information content (AvgIpc) is 2.35. The second-order valence-corrected chi connectivity index (χ2v) is 7.70. The van der Waals surface area contributed by atoms with Gasteiger partial charge in [-0.25, -0.2) is 13.1 Å². The van der Waals surface area contributed by atoms with E-state index in [2.05, 4.69) is 4.72 Å². The lowest BCUT2D eigenvalue weighted by atomic mass is 9.99. The summed E-state index contributed by atoms with van der Waals surface area (Å²) < 4.78 is 27.1. The highest BCUT2D eigenvalue weighted by Crippen LogP contribution is 2.28. The maximum atomic E-state index is 12.3. The fourth-order valence-electron chi connectivity index (χ4n) is 1.49. The van der Waals surface area contributed by atoms with Gasteiger partial charge in [-0.15, -0.1) is 0 Å². The summed E-state index contributed by atoms with van der Waals surface area (Å²) in [6.07, 6.45) is 0. The van der Waals surface area contributed by atoms with Crippen molar-refractivity contribution >= 4 is 33.2 Å². The van der Waals surface area contributed by atoms with Gasteiger partial charge >= 0.3 is 0 Å². The lowest BCUT2D eigenvalue weighted by Crippen LogP contribution is -2.30. The first-order valence-corrected chi connectivity index (χ1v) is 8.60. The molecule has 0 saturated heterocycles. The SMILES string of the molecule is CC(C)C(C)CNS(=O)(=O)c1cc(CN)c(Cl)cc1Cl. The first-order chi connectivity index (χ1) is 9.19. The Bertz CT molecular complexity index is 574. The first kappa shape index (κ1) is 17.7. The lowest BCUT2D eigenvalue weighted by Gasteiger charge is -2.17. The summed E-state index contributed by atoms with van der Waals surface area (Å²) in [4.78, 5) is 0.0139. The van der Waals surface area contributed by atoms with E-state index in [0.29, 0.717) is 23.0 Å². The van der Waals surface area contributed by atoms with Gasteiger partial charge in [0.1, 0.15) is 4.90 Å². The molecule has 1 atom stereocenters. The van der Waals surface area contributed by atoms with Gasteiger partial charge in [0.2, 0.25) is 10.0 Å². The molecule has 114 valence electrons. The van der Waals surface area contributed by atoms with Crippen LogP contribution in [0.15, 0.2) is 17.0 Å². The molecule has 0 spiro atoms. The zero-order chi connectivity index (χ0) is 15.5. The molecular formula is C13H20Cl2N2O2S. The lowest BCUT2D eigenvalue weighted by molar-refractivity contribution is 0.414. The summed E-state index contributed by atoms with van der Waals surface area (Å²) in [5, 5.41) is 0.462. The van der Waals surface area contributed by atoms with Crippen LogP contribution in [0.1, 0.15) is 26.3 Å². The first-order valence-electron chi connectivity index (χ1n) is 6.36. The highest BCUT2D eigenvalue weighted by molar-refractivity contribution is 7.89. The van der Waals surface area contributed by atoms with Gasteiger partial charge in [0.15, 0.2) is 0 Å². The third-order valence-corrected chi connectivity index (χ3v) is 5.58. The van der Waals surface area contributed by atoms with Crippen molar-refractivity contribution in [3.05, 3.63) is 27.7 Å². The van der Waals surface area contributed by atoms with E-state index < -0.39 is 10.0 Å². The number of rotatable bonds is 6. The van der Waals surface area contributed by atoms with E-state index in [1.165, 1.54) is 12.1 Å². The molecule has 0 radical (unpaired) electrons. The molecule has 0 amide bonds. The summed E-state index contributed by atoms with van der Waals surface area (Å²) in [6.45, 7) is 6.58. The van der Waals surface area contributed by atoms with Crippen molar-refractivity contribution < 1.29 is 8.42 Å². The average molecular weight is 339 g/mol. The largest absolute Gasteiger partial charge is 0.326 e. The number of nitrogens with one attached hydrogen (secondary N) is 1. The van der Waals surface area contributed by atoms with Gasteiger partial charge < -0.3 is 5.73 Å². The monoisotopic (exact) mass is 338 g/mol. The summed E-state index contributed by atoms with van der Waals surface area (Å²) in [5.41, 5.74) is 6.08. The second kappa shape index (κ2) is 7.09. The number of nitrogens with two attached hydrogens (primary N) is 1. The third-order valence-electron chi connectivity index (χ3n) is 3.34. The molecule has 0 aliphatic heterocycles. The Morgan fingerprint density at radius 1 is 1.20 bits per heavy atom. The molecule has 20 heavy (non-hydrogen) atoms. The van der Waals surface area contributed by atoms with Crippen LogP contribution < -0.4 is 10.5 Å². The van der Waals surface area contributed by atoms with Crippen molar-refractivity contribution in [3.63, 3.8) is 0 Å². The van der Waals surface area contributed by atoms with E-state index in [-0.39, 0.29) is 22.4 Å². The van der Waals surface area contributed by atoms with Gasteiger partial charge in [0, 0.05) is 18.1 Å². The highest BCUT2D eigenvalue weighted by atomic mass is 35.5. The van der Waals surface area contributed by atoms with Crippen molar-refractivity contribution in [2.24, 2.45) is 17.6 Å². The van der Waals surface area contributed by atoms with Crippen LogP contribution in [0.25, 0.3) is 0 Å². The highest BCUT2D eigenvalue weighted by Gasteiger charge is 2.21. The van der Waals surface area contributed by atoms with E-state index >= 15 is 0 Å². The molecule has 0 fully saturated rings. The van der Waals surface area contributed by atoms with Crippen LogP contribution in [-0.2, 0) is 16.6 Å².